The minimum absolute atomic E-state index is 0.00265. The Hall–Kier alpha value is -4.05. The Labute approximate surface area is 229 Å². The van der Waals surface area contributed by atoms with Crippen molar-refractivity contribution in [3.05, 3.63) is 87.6 Å². The monoisotopic (exact) mass is 556 g/mol. The van der Waals surface area contributed by atoms with E-state index in [9.17, 15) is 23.2 Å². The average Bonchev–Trinajstić information content (AvgIpc) is 2.89. The van der Waals surface area contributed by atoms with Crippen LogP contribution in [-0.4, -0.2) is 50.0 Å². The topological polar surface area (TPSA) is 101 Å². The highest BCUT2D eigenvalue weighted by Gasteiger charge is 2.52. The van der Waals surface area contributed by atoms with Crippen LogP contribution in [0.2, 0.25) is 5.02 Å². The molecular weight excluding hydrogens is 530 g/mol. The van der Waals surface area contributed by atoms with Crippen molar-refractivity contribution in [2.45, 2.75) is 25.2 Å². The standard InChI is InChI=1S/C28H27ClF2N4O4/c1-15(2)16-7-5-6-8-19(16)28(13-35(14-28)23-10-9-17(24(31)34-23)26(37)39-4)27(38)33-22-12-21(30)20(29)11-18(22)25(36)32-3/h5-12,15H,13-14H2,1-4H3,(H,32,36)(H,33,38). The number of nitrogens with one attached hydrogen (secondary N) is 2. The summed E-state index contributed by atoms with van der Waals surface area (Å²) < 4.78 is 33.5. The molecule has 0 bridgehead atoms. The average molecular weight is 557 g/mol. The zero-order chi connectivity index (χ0) is 28.5. The molecule has 1 fully saturated rings. The van der Waals surface area contributed by atoms with Gasteiger partial charge >= 0.3 is 5.97 Å². The Morgan fingerprint density at radius 3 is 2.38 bits per heavy atom. The fourth-order valence-corrected chi connectivity index (χ4v) is 4.88. The predicted octanol–water partition coefficient (Wildman–Crippen LogP) is 4.68. The molecule has 1 aliphatic rings. The van der Waals surface area contributed by atoms with Gasteiger partial charge in [0, 0.05) is 20.1 Å². The number of rotatable bonds is 7. The fourth-order valence-electron chi connectivity index (χ4n) is 4.72. The molecule has 0 aliphatic carbocycles. The number of nitrogens with zero attached hydrogens (tertiary/aromatic N) is 2. The number of anilines is 2. The Kier molecular flexibility index (Phi) is 7.87. The van der Waals surface area contributed by atoms with Crippen LogP contribution < -0.4 is 15.5 Å². The van der Waals surface area contributed by atoms with Gasteiger partial charge in [0.1, 0.15) is 22.6 Å². The first-order chi connectivity index (χ1) is 18.5. The Bertz CT molecular complexity index is 1460. The number of esters is 1. The number of carbonyl (C=O) groups excluding carboxylic acids is 3. The summed E-state index contributed by atoms with van der Waals surface area (Å²) in [5, 5.41) is 4.93. The highest BCUT2D eigenvalue weighted by atomic mass is 35.5. The number of aromatic nitrogens is 1. The minimum atomic E-state index is -1.14. The summed E-state index contributed by atoms with van der Waals surface area (Å²) >= 11 is 5.90. The largest absolute Gasteiger partial charge is 0.465 e. The maximum atomic E-state index is 14.6. The number of hydrogen-bond acceptors (Lipinski definition) is 6. The van der Waals surface area contributed by atoms with E-state index in [1.807, 2.05) is 38.1 Å². The maximum Gasteiger partial charge on any atom is 0.342 e. The first kappa shape index (κ1) is 28.0. The third-order valence-electron chi connectivity index (χ3n) is 6.80. The molecule has 0 atom stereocenters. The second kappa shape index (κ2) is 11.0. The van der Waals surface area contributed by atoms with Crippen molar-refractivity contribution in [1.82, 2.24) is 10.3 Å². The molecule has 8 nitrogen and oxygen atoms in total. The fraction of sp³-hybridized carbons (Fsp3) is 0.286. The number of methoxy groups -OCH3 is 1. The van der Waals surface area contributed by atoms with Crippen LogP contribution in [-0.2, 0) is 14.9 Å². The van der Waals surface area contributed by atoms with E-state index < -0.39 is 35.0 Å². The number of halogens is 3. The van der Waals surface area contributed by atoms with Crippen molar-refractivity contribution in [2.24, 2.45) is 0 Å². The summed E-state index contributed by atoms with van der Waals surface area (Å²) in [5.41, 5.74) is 0.200. The quantitative estimate of drug-likeness (QED) is 0.324. The Morgan fingerprint density at radius 1 is 1.08 bits per heavy atom. The van der Waals surface area contributed by atoms with Crippen LogP contribution in [0.3, 0.4) is 0 Å². The van der Waals surface area contributed by atoms with Crippen molar-refractivity contribution < 1.29 is 27.9 Å². The van der Waals surface area contributed by atoms with Crippen molar-refractivity contribution in [3.8, 4) is 0 Å². The molecule has 1 saturated heterocycles. The van der Waals surface area contributed by atoms with Gasteiger partial charge in [0.2, 0.25) is 11.9 Å². The Balaban J connectivity index is 1.74. The molecular formula is C28H27ClF2N4O4. The van der Waals surface area contributed by atoms with Gasteiger partial charge in [-0.1, -0.05) is 49.7 Å². The third-order valence-corrected chi connectivity index (χ3v) is 7.09. The van der Waals surface area contributed by atoms with Crippen molar-refractivity contribution in [1.29, 1.82) is 0 Å². The van der Waals surface area contributed by atoms with E-state index in [1.165, 1.54) is 19.2 Å². The highest BCUT2D eigenvalue weighted by molar-refractivity contribution is 6.31. The second-order valence-electron chi connectivity index (χ2n) is 9.52. The zero-order valence-electron chi connectivity index (χ0n) is 21.8. The number of ether oxygens (including phenoxy) is 1. The van der Waals surface area contributed by atoms with Crippen molar-refractivity contribution in [2.75, 3.05) is 37.5 Å². The molecule has 2 heterocycles. The molecule has 2 N–H and O–H groups in total. The van der Waals surface area contributed by atoms with Crippen molar-refractivity contribution in [3.63, 3.8) is 0 Å². The van der Waals surface area contributed by atoms with Gasteiger partial charge in [-0.2, -0.15) is 4.39 Å². The number of hydrogen-bond donors (Lipinski definition) is 2. The molecule has 0 spiro atoms. The number of benzene rings is 2. The minimum Gasteiger partial charge on any atom is -0.465 e. The van der Waals surface area contributed by atoms with Crippen LogP contribution >= 0.6 is 11.6 Å². The molecule has 1 aromatic heterocycles. The normalized spacial score (nSPS) is 14.0. The molecule has 2 amide bonds. The van der Waals surface area contributed by atoms with Gasteiger partial charge < -0.3 is 20.3 Å². The summed E-state index contributed by atoms with van der Waals surface area (Å²) in [6, 6.07) is 12.4. The van der Waals surface area contributed by atoms with E-state index in [1.54, 1.807) is 4.90 Å². The van der Waals surface area contributed by atoms with Crippen LogP contribution in [0.4, 0.5) is 20.3 Å². The van der Waals surface area contributed by atoms with Crippen LogP contribution in [0.15, 0.2) is 48.5 Å². The van der Waals surface area contributed by atoms with Gasteiger partial charge in [-0.25, -0.2) is 14.2 Å². The number of carbonyl (C=O) groups is 3. The summed E-state index contributed by atoms with van der Waals surface area (Å²) in [4.78, 5) is 43.8. The predicted molar refractivity (Wildman–Crippen MR) is 143 cm³/mol. The van der Waals surface area contributed by atoms with Crippen LogP contribution in [0.5, 0.6) is 0 Å². The lowest BCUT2D eigenvalue weighted by Gasteiger charge is -2.50. The number of amides is 2. The van der Waals surface area contributed by atoms with E-state index in [2.05, 4.69) is 20.4 Å². The molecule has 39 heavy (non-hydrogen) atoms. The molecule has 11 heteroatoms. The zero-order valence-corrected chi connectivity index (χ0v) is 22.5. The van der Waals surface area contributed by atoms with E-state index in [4.69, 9.17) is 11.6 Å². The van der Waals surface area contributed by atoms with Gasteiger partial charge in [0.25, 0.3) is 5.91 Å². The van der Waals surface area contributed by atoms with E-state index in [-0.39, 0.29) is 46.7 Å². The lowest BCUT2D eigenvalue weighted by atomic mass is 9.69. The van der Waals surface area contributed by atoms with Gasteiger partial charge in [-0.15, -0.1) is 0 Å². The van der Waals surface area contributed by atoms with E-state index >= 15 is 0 Å². The molecule has 0 unspecified atom stereocenters. The molecule has 3 aromatic rings. The van der Waals surface area contributed by atoms with E-state index in [0.717, 1.165) is 30.4 Å². The summed E-state index contributed by atoms with van der Waals surface area (Å²) in [6.07, 6.45) is 0. The SMILES string of the molecule is CNC(=O)c1cc(Cl)c(F)cc1NC(=O)C1(c2ccccc2C(C)C)CN(c2ccc(C(=O)OC)c(F)n2)C1. The van der Waals surface area contributed by atoms with Crippen LogP contribution in [0, 0.1) is 11.8 Å². The summed E-state index contributed by atoms with van der Waals surface area (Å²) in [7, 11) is 2.55. The van der Waals surface area contributed by atoms with Gasteiger partial charge in [0.05, 0.1) is 23.4 Å². The molecule has 4 rings (SSSR count). The number of pyridine rings is 1. The van der Waals surface area contributed by atoms with Crippen LogP contribution in [0.25, 0.3) is 0 Å². The lowest BCUT2D eigenvalue weighted by molar-refractivity contribution is -0.122. The first-order valence-electron chi connectivity index (χ1n) is 12.1. The Morgan fingerprint density at radius 2 is 1.77 bits per heavy atom. The second-order valence-corrected chi connectivity index (χ2v) is 9.93. The lowest BCUT2D eigenvalue weighted by Crippen LogP contribution is -2.66. The van der Waals surface area contributed by atoms with Gasteiger partial charge in [-0.3, -0.25) is 9.59 Å². The highest BCUT2D eigenvalue weighted by Crippen LogP contribution is 2.42. The summed E-state index contributed by atoms with van der Waals surface area (Å²) in [5.74, 6) is -3.36. The smallest absolute Gasteiger partial charge is 0.342 e. The van der Waals surface area contributed by atoms with Crippen molar-refractivity contribution >= 4 is 40.9 Å². The molecule has 204 valence electrons. The molecule has 0 radical (unpaired) electrons. The maximum absolute atomic E-state index is 14.6. The van der Waals surface area contributed by atoms with Gasteiger partial charge in [-0.05, 0) is 41.3 Å². The van der Waals surface area contributed by atoms with E-state index in [0.29, 0.717) is 0 Å². The molecule has 0 saturated carbocycles. The molecule has 2 aromatic carbocycles. The summed E-state index contributed by atoms with van der Waals surface area (Å²) in [6.45, 7) is 4.22. The third kappa shape index (κ3) is 5.16. The first-order valence-corrected chi connectivity index (χ1v) is 12.5. The van der Waals surface area contributed by atoms with Crippen LogP contribution in [0.1, 0.15) is 51.6 Å². The molecule has 1 aliphatic heterocycles. The van der Waals surface area contributed by atoms with Gasteiger partial charge in [0.15, 0.2) is 0 Å².